The molecule has 3 aromatic carbocycles. The number of hydrogen-bond donors (Lipinski definition) is 1. The number of para-hydroxylation sites is 1. The fourth-order valence-electron chi connectivity index (χ4n) is 3.90. The van der Waals surface area contributed by atoms with Crippen molar-refractivity contribution in [1.82, 2.24) is 5.32 Å². The summed E-state index contributed by atoms with van der Waals surface area (Å²) in [6, 6.07) is 24.6. The van der Waals surface area contributed by atoms with E-state index in [-0.39, 0.29) is 24.6 Å². The van der Waals surface area contributed by atoms with Crippen molar-refractivity contribution in [2.24, 2.45) is 0 Å². The first-order valence-corrected chi connectivity index (χ1v) is 11.3. The molecule has 0 saturated carbocycles. The monoisotopic (exact) mass is 526 g/mol. The van der Waals surface area contributed by atoms with E-state index >= 15 is 0 Å². The molecule has 6 heteroatoms. The highest BCUT2D eigenvalue weighted by atomic mass is 127. The average Bonchev–Trinajstić information content (AvgIpc) is 2.79. The van der Waals surface area contributed by atoms with Crippen LogP contribution in [0.25, 0.3) is 0 Å². The number of ether oxygens (including phenoxy) is 1. The van der Waals surface area contributed by atoms with Gasteiger partial charge in [-0.25, -0.2) is 4.79 Å². The third kappa shape index (κ3) is 4.90. The summed E-state index contributed by atoms with van der Waals surface area (Å²) >= 11 is 2.23. The molecule has 2 atom stereocenters. The molecule has 1 heterocycles. The summed E-state index contributed by atoms with van der Waals surface area (Å²) in [6.45, 7) is 2.22. The number of halogens is 1. The number of carbonyl (C=O) groups excluding carboxylic acids is 2. The van der Waals surface area contributed by atoms with Crippen LogP contribution in [0.2, 0.25) is 0 Å². The van der Waals surface area contributed by atoms with Crippen LogP contribution in [0.4, 0.5) is 10.5 Å². The molecule has 158 valence electrons. The first kappa shape index (κ1) is 21.4. The van der Waals surface area contributed by atoms with Gasteiger partial charge in [0, 0.05) is 20.9 Å². The lowest BCUT2D eigenvalue weighted by Gasteiger charge is -2.39. The number of carbonyl (C=O) groups is 2. The predicted octanol–water partition coefficient (Wildman–Crippen LogP) is 5.70. The van der Waals surface area contributed by atoms with Crippen LogP contribution in [-0.4, -0.2) is 18.0 Å². The largest absolute Gasteiger partial charge is 0.445 e. The normalized spacial score (nSPS) is 17.5. The second kappa shape index (κ2) is 9.51. The Bertz CT molecular complexity index is 1070. The lowest BCUT2D eigenvalue weighted by molar-refractivity contribution is 0.0972. The van der Waals surface area contributed by atoms with Crippen molar-refractivity contribution in [2.75, 3.05) is 4.90 Å². The van der Waals surface area contributed by atoms with Gasteiger partial charge in [-0.1, -0.05) is 48.5 Å². The van der Waals surface area contributed by atoms with Gasteiger partial charge in [0.05, 0.1) is 6.04 Å². The van der Waals surface area contributed by atoms with E-state index in [0.717, 1.165) is 20.4 Å². The van der Waals surface area contributed by atoms with E-state index < -0.39 is 6.09 Å². The Morgan fingerprint density at radius 3 is 2.42 bits per heavy atom. The van der Waals surface area contributed by atoms with Gasteiger partial charge in [0.25, 0.3) is 5.91 Å². The Balaban J connectivity index is 1.52. The van der Waals surface area contributed by atoms with Crippen molar-refractivity contribution in [2.45, 2.75) is 32.0 Å². The molecule has 1 N–H and O–H groups in total. The molecule has 1 aliphatic rings. The molecule has 5 nitrogen and oxygen atoms in total. The summed E-state index contributed by atoms with van der Waals surface area (Å²) in [7, 11) is 0. The molecule has 31 heavy (non-hydrogen) atoms. The number of alkyl carbamates (subject to hydrolysis) is 1. The molecular weight excluding hydrogens is 503 g/mol. The third-order valence-corrected chi connectivity index (χ3v) is 6.12. The van der Waals surface area contributed by atoms with Gasteiger partial charge in [0.15, 0.2) is 0 Å². The lowest BCUT2D eigenvalue weighted by Crippen LogP contribution is -2.46. The van der Waals surface area contributed by atoms with Crippen LogP contribution < -0.4 is 10.2 Å². The molecule has 0 radical (unpaired) electrons. The van der Waals surface area contributed by atoms with Crippen LogP contribution in [-0.2, 0) is 11.3 Å². The number of hydrogen-bond acceptors (Lipinski definition) is 3. The van der Waals surface area contributed by atoms with Crippen LogP contribution in [0.1, 0.15) is 40.9 Å². The lowest BCUT2D eigenvalue weighted by atomic mass is 9.91. The van der Waals surface area contributed by atoms with Crippen LogP contribution in [0.15, 0.2) is 78.9 Å². The van der Waals surface area contributed by atoms with Crippen molar-refractivity contribution in [3.8, 4) is 0 Å². The van der Waals surface area contributed by atoms with Crippen LogP contribution in [0.3, 0.4) is 0 Å². The van der Waals surface area contributed by atoms with Crippen molar-refractivity contribution in [1.29, 1.82) is 0 Å². The smallest absolute Gasteiger partial charge is 0.407 e. The number of amides is 2. The fraction of sp³-hybridized carbons (Fsp3) is 0.200. The Labute approximate surface area is 195 Å². The molecule has 3 aromatic rings. The van der Waals surface area contributed by atoms with Crippen molar-refractivity contribution < 1.29 is 14.3 Å². The van der Waals surface area contributed by atoms with Crippen LogP contribution in [0, 0.1) is 3.57 Å². The zero-order valence-electron chi connectivity index (χ0n) is 17.1. The maximum absolute atomic E-state index is 13.3. The summed E-state index contributed by atoms with van der Waals surface area (Å²) < 4.78 is 6.49. The van der Waals surface area contributed by atoms with Crippen molar-refractivity contribution in [3.05, 3.63) is 99.1 Å². The Morgan fingerprint density at radius 1 is 1.00 bits per heavy atom. The molecular formula is C25H23IN2O3. The Hall–Kier alpha value is -2.87. The quantitative estimate of drug-likeness (QED) is 0.444. The highest BCUT2D eigenvalue weighted by molar-refractivity contribution is 14.1. The number of nitrogens with one attached hydrogen (secondary N) is 1. The topological polar surface area (TPSA) is 58.6 Å². The minimum atomic E-state index is -0.465. The third-order valence-electron chi connectivity index (χ3n) is 5.40. The molecule has 2 amide bonds. The van der Waals surface area contributed by atoms with E-state index in [9.17, 15) is 9.59 Å². The van der Waals surface area contributed by atoms with Gasteiger partial charge in [-0.05, 0) is 77.4 Å². The zero-order valence-corrected chi connectivity index (χ0v) is 19.3. The van der Waals surface area contributed by atoms with Gasteiger partial charge >= 0.3 is 6.09 Å². The van der Waals surface area contributed by atoms with E-state index in [4.69, 9.17) is 4.74 Å². The summed E-state index contributed by atoms with van der Waals surface area (Å²) in [4.78, 5) is 27.6. The van der Waals surface area contributed by atoms with Crippen LogP contribution >= 0.6 is 22.6 Å². The number of fused-ring (bicyclic) bond motifs is 1. The molecule has 4 rings (SSSR count). The SMILES string of the molecule is C[C@H]1C[C@@H](NC(=O)OCc2ccccc2)c2ccccc2N1C(=O)c1ccc(I)cc1. The minimum Gasteiger partial charge on any atom is -0.445 e. The highest BCUT2D eigenvalue weighted by Gasteiger charge is 2.34. The van der Waals surface area contributed by atoms with E-state index in [1.165, 1.54) is 0 Å². The standard InChI is InChI=1S/C25H23IN2O3/c1-17-15-22(27-25(30)31-16-18-7-3-2-4-8-18)21-9-5-6-10-23(21)28(17)24(29)19-11-13-20(26)14-12-19/h2-14,17,22H,15-16H2,1H3,(H,27,30)/t17-,22+/m0/s1. The first-order chi connectivity index (χ1) is 15.0. The van der Waals surface area contributed by atoms with Gasteiger partial charge in [0.2, 0.25) is 0 Å². The summed E-state index contributed by atoms with van der Waals surface area (Å²) in [5, 5.41) is 2.98. The first-order valence-electron chi connectivity index (χ1n) is 10.2. The number of anilines is 1. The molecule has 0 spiro atoms. The molecule has 1 aliphatic heterocycles. The molecule has 0 unspecified atom stereocenters. The maximum atomic E-state index is 13.3. The summed E-state index contributed by atoms with van der Waals surface area (Å²) in [5.74, 6) is -0.0403. The van der Waals surface area contributed by atoms with Gasteiger partial charge in [-0.3, -0.25) is 4.79 Å². The predicted molar refractivity (Wildman–Crippen MR) is 129 cm³/mol. The van der Waals surface area contributed by atoms with Gasteiger partial charge in [0.1, 0.15) is 6.61 Å². The minimum absolute atomic E-state index is 0.0403. The summed E-state index contributed by atoms with van der Waals surface area (Å²) in [5.41, 5.74) is 3.31. The van der Waals surface area contributed by atoms with E-state index in [2.05, 4.69) is 27.9 Å². The second-order valence-corrected chi connectivity index (χ2v) is 8.83. The molecule has 0 bridgehead atoms. The molecule has 0 saturated heterocycles. The van der Waals surface area contributed by atoms with Crippen LogP contribution in [0.5, 0.6) is 0 Å². The van der Waals surface area contributed by atoms with Gasteiger partial charge in [-0.2, -0.15) is 0 Å². The van der Waals surface area contributed by atoms with E-state index in [1.54, 1.807) is 0 Å². The summed E-state index contributed by atoms with van der Waals surface area (Å²) in [6.07, 6.45) is 0.140. The Morgan fingerprint density at radius 2 is 1.68 bits per heavy atom. The number of rotatable bonds is 4. The zero-order chi connectivity index (χ0) is 21.8. The highest BCUT2D eigenvalue weighted by Crippen LogP contribution is 2.38. The van der Waals surface area contributed by atoms with Gasteiger partial charge < -0.3 is 15.0 Å². The number of benzene rings is 3. The average molecular weight is 526 g/mol. The van der Waals surface area contributed by atoms with Crippen molar-refractivity contribution >= 4 is 40.3 Å². The Kier molecular flexibility index (Phi) is 6.56. The van der Waals surface area contributed by atoms with Crippen molar-refractivity contribution in [3.63, 3.8) is 0 Å². The second-order valence-electron chi connectivity index (χ2n) is 7.58. The fourth-order valence-corrected chi connectivity index (χ4v) is 4.26. The molecule has 0 aromatic heterocycles. The maximum Gasteiger partial charge on any atom is 0.407 e. The van der Waals surface area contributed by atoms with E-state index in [0.29, 0.717) is 12.0 Å². The number of nitrogens with zero attached hydrogens (tertiary/aromatic N) is 1. The van der Waals surface area contributed by atoms with E-state index in [1.807, 2.05) is 90.7 Å². The molecule has 0 aliphatic carbocycles. The van der Waals surface area contributed by atoms with Gasteiger partial charge in [-0.15, -0.1) is 0 Å². The molecule has 0 fully saturated rings.